The van der Waals surface area contributed by atoms with Crippen molar-refractivity contribution in [3.05, 3.63) is 98.0 Å². The Morgan fingerprint density at radius 3 is 1.93 bits per heavy atom. The van der Waals surface area contributed by atoms with Crippen LogP contribution in [0.3, 0.4) is 0 Å². The first kappa shape index (κ1) is 18.3. The van der Waals surface area contributed by atoms with E-state index in [-0.39, 0.29) is 17.3 Å². The number of thiophene rings is 2. The molecule has 4 rings (SSSR count). The fourth-order valence-electron chi connectivity index (χ4n) is 2.81. The van der Waals surface area contributed by atoms with E-state index in [1.54, 1.807) is 48.7 Å². The van der Waals surface area contributed by atoms with Crippen molar-refractivity contribution in [1.82, 2.24) is 4.98 Å². The highest BCUT2D eigenvalue weighted by atomic mass is 32.1. The van der Waals surface area contributed by atoms with Crippen molar-refractivity contribution in [2.24, 2.45) is 0 Å². The standard InChI is InChI=1S/C22H15NO3S2/c1-14-12-15(20(24)17-6-4-10-27-17)22(26-19-8-2-3-9-23-19)16(13-14)21(25)18-7-5-11-28-18/h2-13H,1H3. The van der Waals surface area contributed by atoms with Crippen LogP contribution < -0.4 is 4.74 Å². The molecule has 0 aliphatic heterocycles. The lowest BCUT2D eigenvalue weighted by molar-refractivity contribution is 0.103. The zero-order chi connectivity index (χ0) is 19.5. The van der Waals surface area contributed by atoms with E-state index in [1.165, 1.54) is 22.7 Å². The molecular weight excluding hydrogens is 390 g/mol. The second-order valence-electron chi connectivity index (χ2n) is 6.07. The molecule has 28 heavy (non-hydrogen) atoms. The van der Waals surface area contributed by atoms with E-state index in [2.05, 4.69) is 4.98 Å². The number of ketones is 2. The highest BCUT2D eigenvalue weighted by Crippen LogP contribution is 2.34. The fraction of sp³-hybridized carbons (Fsp3) is 0.0455. The number of carbonyl (C=O) groups excluding carboxylic acids is 2. The number of hydrogen-bond acceptors (Lipinski definition) is 6. The number of benzene rings is 1. The summed E-state index contributed by atoms with van der Waals surface area (Å²) >= 11 is 2.71. The molecule has 0 aliphatic carbocycles. The maximum atomic E-state index is 13.1. The molecule has 4 nitrogen and oxygen atoms in total. The molecule has 0 spiro atoms. The average molecular weight is 406 g/mol. The summed E-state index contributed by atoms with van der Waals surface area (Å²) in [7, 11) is 0. The van der Waals surface area contributed by atoms with Gasteiger partial charge in [0.1, 0.15) is 0 Å². The maximum absolute atomic E-state index is 13.1. The van der Waals surface area contributed by atoms with Crippen LogP contribution >= 0.6 is 22.7 Å². The molecule has 0 amide bonds. The number of aryl methyl sites for hydroxylation is 1. The summed E-state index contributed by atoms with van der Waals surface area (Å²) in [6, 6.07) is 15.9. The number of ether oxygens (including phenoxy) is 1. The molecule has 4 aromatic rings. The van der Waals surface area contributed by atoms with Gasteiger partial charge in [-0.05, 0) is 53.6 Å². The van der Waals surface area contributed by atoms with Gasteiger partial charge in [0, 0.05) is 12.3 Å². The van der Waals surface area contributed by atoms with Crippen LogP contribution in [0, 0.1) is 6.92 Å². The minimum absolute atomic E-state index is 0.176. The number of rotatable bonds is 6. The van der Waals surface area contributed by atoms with Crippen LogP contribution in [0.15, 0.2) is 71.6 Å². The average Bonchev–Trinajstić information content (AvgIpc) is 3.43. The second kappa shape index (κ2) is 7.88. The Morgan fingerprint density at radius 2 is 1.46 bits per heavy atom. The summed E-state index contributed by atoms with van der Waals surface area (Å²) in [5.74, 6) is 0.211. The van der Waals surface area contributed by atoms with Gasteiger partial charge in [0.05, 0.1) is 20.9 Å². The molecular formula is C22H15NO3S2. The number of aromatic nitrogens is 1. The van der Waals surface area contributed by atoms with Crippen LogP contribution in [0.4, 0.5) is 0 Å². The van der Waals surface area contributed by atoms with Crippen molar-refractivity contribution >= 4 is 34.2 Å². The van der Waals surface area contributed by atoms with E-state index in [0.717, 1.165) is 5.56 Å². The molecule has 0 saturated carbocycles. The van der Waals surface area contributed by atoms with E-state index in [9.17, 15) is 9.59 Å². The third-order valence-corrected chi connectivity index (χ3v) is 5.79. The third-order valence-electron chi connectivity index (χ3n) is 4.06. The molecule has 0 N–H and O–H groups in total. The van der Waals surface area contributed by atoms with Gasteiger partial charge in [-0.3, -0.25) is 9.59 Å². The zero-order valence-corrected chi connectivity index (χ0v) is 16.5. The minimum Gasteiger partial charge on any atom is -0.437 e. The molecule has 1 aromatic carbocycles. The Kier molecular flexibility index (Phi) is 5.14. The van der Waals surface area contributed by atoms with Crippen molar-refractivity contribution < 1.29 is 14.3 Å². The van der Waals surface area contributed by atoms with Gasteiger partial charge in [-0.15, -0.1) is 22.7 Å². The number of nitrogens with zero attached hydrogens (tertiary/aromatic N) is 1. The normalized spacial score (nSPS) is 10.6. The molecule has 3 aromatic heterocycles. The largest absolute Gasteiger partial charge is 0.437 e. The van der Waals surface area contributed by atoms with Crippen LogP contribution in [-0.2, 0) is 0 Å². The third kappa shape index (κ3) is 3.65. The second-order valence-corrected chi connectivity index (χ2v) is 7.97. The molecule has 0 radical (unpaired) electrons. The molecule has 0 atom stereocenters. The lowest BCUT2D eigenvalue weighted by Gasteiger charge is -2.15. The molecule has 0 unspecified atom stereocenters. The quantitative estimate of drug-likeness (QED) is 0.382. The molecule has 0 fully saturated rings. The zero-order valence-electron chi connectivity index (χ0n) is 14.9. The summed E-state index contributed by atoms with van der Waals surface area (Å²) in [6.45, 7) is 1.86. The summed E-state index contributed by atoms with van der Waals surface area (Å²) in [5.41, 5.74) is 1.52. The first-order valence-electron chi connectivity index (χ1n) is 8.53. The van der Waals surface area contributed by atoms with Crippen molar-refractivity contribution in [1.29, 1.82) is 0 Å². The van der Waals surface area contributed by atoms with Gasteiger partial charge in [-0.1, -0.05) is 18.2 Å². The lowest BCUT2D eigenvalue weighted by Crippen LogP contribution is -2.09. The van der Waals surface area contributed by atoms with E-state index in [0.29, 0.717) is 26.8 Å². The Morgan fingerprint density at radius 1 is 0.857 bits per heavy atom. The summed E-state index contributed by atoms with van der Waals surface area (Å²) < 4.78 is 5.99. The molecule has 3 heterocycles. The molecule has 138 valence electrons. The van der Waals surface area contributed by atoms with E-state index >= 15 is 0 Å². The van der Waals surface area contributed by atoms with Gasteiger partial charge in [0.2, 0.25) is 17.4 Å². The van der Waals surface area contributed by atoms with E-state index in [1.807, 2.05) is 29.8 Å². The van der Waals surface area contributed by atoms with Crippen molar-refractivity contribution in [2.45, 2.75) is 6.92 Å². The van der Waals surface area contributed by atoms with Crippen molar-refractivity contribution in [3.8, 4) is 11.6 Å². The SMILES string of the molecule is Cc1cc(C(=O)c2cccs2)c(Oc2ccccn2)c(C(=O)c2cccs2)c1. The Hall–Kier alpha value is -3.09. The molecule has 0 aliphatic rings. The first-order chi connectivity index (χ1) is 13.6. The summed E-state index contributed by atoms with van der Waals surface area (Å²) in [6.07, 6.45) is 1.60. The van der Waals surface area contributed by atoms with Crippen LogP contribution in [0.1, 0.15) is 36.0 Å². The number of carbonyl (C=O) groups is 2. The van der Waals surface area contributed by atoms with Gasteiger partial charge in [-0.2, -0.15) is 0 Å². The van der Waals surface area contributed by atoms with Crippen LogP contribution in [-0.4, -0.2) is 16.6 Å². The van der Waals surface area contributed by atoms with Gasteiger partial charge < -0.3 is 4.74 Å². The van der Waals surface area contributed by atoms with Crippen LogP contribution in [0.2, 0.25) is 0 Å². The smallest absolute Gasteiger partial charge is 0.219 e. The summed E-state index contributed by atoms with van der Waals surface area (Å²) in [4.78, 5) is 31.6. The molecule has 0 saturated heterocycles. The van der Waals surface area contributed by atoms with Gasteiger partial charge in [0.25, 0.3) is 0 Å². The van der Waals surface area contributed by atoms with Crippen LogP contribution in [0.5, 0.6) is 11.6 Å². The Labute approximate surface area is 170 Å². The topological polar surface area (TPSA) is 56.3 Å². The monoisotopic (exact) mass is 405 g/mol. The highest BCUT2D eigenvalue weighted by molar-refractivity contribution is 7.12. The number of pyridine rings is 1. The molecule has 6 heteroatoms. The predicted octanol–water partition coefficient (Wildman–Crippen LogP) is 5.77. The Balaban J connectivity index is 1.89. The predicted molar refractivity (Wildman–Crippen MR) is 111 cm³/mol. The lowest BCUT2D eigenvalue weighted by atomic mass is 9.97. The summed E-state index contributed by atoms with van der Waals surface area (Å²) in [5, 5.41) is 3.69. The number of hydrogen-bond donors (Lipinski definition) is 0. The highest BCUT2D eigenvalue weighted by Gasteiger charge is 2.25. The van der Waals surface area contributed by atoms with Crippen molar-refractivity contribution in [3.63, 3.8) is 0 Å². The Bertz CT molecular complexity index is 1050. The van der Waals surface area contributed by atoms with Gasteiger partial charge in [-0.25, -0.2) is 4.98 Å². The fourth-order valence-corrected chi connectivity index (χ4v) is 4.17. The van der Waals surface area contributed by atoms with E-state index in [4.69, 9.17) is 4.74 Å². The van der Waals surface area contributed by atoms with Gasteiger partial charge >= 0.3 is 0 Å². The minimum atomic E-state index is -0.176. The van der Waals surface area contributed by atoms with Crippen molar-refractivity contribution in [2.75, 3.05) is 0 Å². The van der Waals surface area contributed by atoms with Crippen LogP contribution in [0.25, 0.3) is 0 Å². The van der Waals surface area contributed by atoms with Gasteiger partial charge in [0.15, 0.2) is 5.75 Å². The first-order valence-corrected chi connectivity index (χ1v) is 10.3. The van der Waals surface area contributed by atoms with E-state index < -0.39 is 0 Å². The maximum Gasteiger partial charge on any atom is 0.219 e. The molecule has 0 bridgehead atoms.